The monoisotopic (exact) mass is 271 g/mol. The van der Waals surface area contributed by atoms with Crippen molar-refractivity contribution in [3.8, 4) is 5.75 Å². The van der Waals surface area contributed by atoms with E-state index in [4.69, 9.17) is 14.2 Å². The molecule has 19 heavy (non-hydrogen) atoms. The van der Waals surface area contributed by atoms with Gasteiger partial charge in [0.25, 0.3) is 0 Å². The van der Waals surface area contributed by atoms with Crippen molar-refractivity contribution in [2.45, 2.75) is 13.0 Å². The van der Waals surface area contributed by atoms with Crippen molar-refractivity contribution in [3.63, 3.8) is 0 Å². The summed E-state index contributed by atoms with van der Waals surface area (Å²) >= 11 is 0. The van der Waals surface area contributed by atoms with Crippen LogP contribution in [-0.2, 0) is 9.47 Å². The third kappa shape index (κ3) is 5.55. The Hall–Kier alpha value is -1.17. The highest BCUT2D eigenvalue weighted by molar-refractivity contribution is 5.30. The molecule has 0 aliphatic rings. The van der Waals surface area contributed by atoms with E-state index in [1.54, 1.807) is 13.2 Å². The quantitative estimate of drug-likeness (QED) is 0.699. The highest BCUT2D eigenvalue weighted by Gasteiger charge is 2.08. The standard InChI is InChI=1S/C14H22FNO3/c1-11(16-2)12-4-5-14(13(15)10-12)19-9-8-18-7-6-17-3/h4-5,10-11,16H,6-9H2,1-3H3. The maximum Gasteiger partial charge on any atom is 0.165 e. The van der Waals surface area contributed by atoms with Crippen molar-refractivity contribution < 1.29 is 18.6 Å². The van der Waals surface area contributed by atoms with Crippen LogP contribution in [0.4, 0.5) is 4.39 Å². The molecule has 0 heterocycles. The maximum atomic E-state index is 13.8. The van der Waals surface area contributed by atoms with Gasteiger partial charge in [-0.25, -0.2) is 4.39 Å². The number of halogens is 1. The first-order valence-corrected chi connectivity index (χ1v) is 6.35. The van der Waals surface area contributed by atoms with Gasteiger partial charge in [0.1, 0.15) is 6.61 Å². The zero-order valence-electron chi connectivity index (χ0n) is 11.7. The molecule has 5 heteroatoms. The first-order chi connectivity index (χ1) is 9.19. The average Bonchev–Trinajstić information content (AvgIpc) is 2.43. The Morgan fingerprint density at radius 2 is 1.95 bits per heavy atom. The summed E-state index contributed by atoms with van der Waals surface area (Å²) < 4.78 is 29.2. The first kappa shape index (κ1) is 15.9. The van der Waals surface area contributed by atoms with Crippen LogP contribution in [0.2, 0.25) is 0 Å². The summed E-state index contributed by atoms with van der Waals surface area (Å²) in [7, 11) is 3.45. The molecule has 0 radical (unpaired) electrons. The van der Waals surface area contributed by atoms with E-state index < -0.39 is 0 Å². The van der Waals surface area contributed by atoms with Gasteiger partial charge in [0.2, 0.25) is 0 Å². The number of benzene rings is 1. The lowest BCUT2D eigenvalue weighted by atomic mass is 10.1. The van der Waals surface area contributed by atoms with Gasteiger partial charge in [-0.2, -0.15) is 0 Å². The van der Waals surface area contributed by atoms with Crippen LogP contribution in [0.25, 0.3) is 0 Å². The highest BCUT2D eigenvalue weighted by atomic mass is 19.1. The Labute approximate surface area is 113 Å². The van der Waals surface area contributed by atoms with Gasteiger partial charge >= 0.3 is 0 Å². The number of hydrogen-bond donors (Lipinski definition) is 1. The average molecular weight is 271 g/mol. The molecule has 0 saturated heterocycles. The Bertz CT molecular complexity index is 374. The molecule has 1 N–H and O–H groups in total. The summed E-state index contributed by atoms with van der Waals surface area (Å²) in [4.78, 5) is 0. The fraction of sp³-hybridized carbons (Fsp3) is 0.571. The van der Waals surface area contributed by atoms with Gasteiger partial charge in [-0.15, -0.1) is 0 Å². The topological polar surface area (TPSA) is 39.7 Å². The molecule has 1 rings (SSSR count). The second-order valence-electron chi connectivity index (χ2n) is 4.15. The van der Waals surface area contributed by atoms with Gasteiger partial charge in [0, 0.05) is 13.2 Å². The zero-order valence-corrected chi connectivity index (χ0v) is 11.7. The van der Waals surface area contributed by atoms with Gasteiger partial charge in [0.05, 0.1) is 19.8 Å². The number of methoxy groups -OCH3 is 1. The van der Waals surface area contributed by atoms with E-state index in [1.165, 1.54) is 6.07 Å². The maximum absolute atomic E-state index is 13.8. The molecule has 0 bridgehead atoms. The van der Waals surface area contributed by atoms with Crippen molar-refractivity contribution in [2.75, 3.05) is 40.6 Å². The Kier molecular flexibility index (Phi) is 7.40. The minimum Gasteiger partial charge on any atom is -0.488 e. The lowest BCUT2D eigenvalue weighted by molar-refractivity contribution is 0.0538. The summed E-state index contributed by atoms with van der Waals surface area (Å²) in [5.74, 6) is -0.0983. The Morgan fingerprint density at radius 1 is 1.21 bits per heavy atom. The van der Waals surface area contributed by atoms with Crippen LogP contribution in [0.1, 0.15) is 18.5 Å². The molecule has 108 valence electrons. The summed E-state index contributed by atoms with van der Waals surface area (Å²) in [6.45, 7) is 3.77. The lowest BCUT2D eigenvalue weighted by Crippen LogP contribution is -2.13. The number of rotatable bonds is 9. The fourth-order valence-corrected chi connectivity index (χ4v) is 1.53. The molecule has 1 aromatic carbocycles. The van der Waals surface area contributed by atoms with Crippen LogP contribution in [0.5, 0.6) is 5.75 Å². The van der Waals surface area contributed by atoms with Crippen LogP contribution in [0.3, 0.4) is 0 Å². The highest BCUT2D eigenvalue weighted by Crippen LogP contribution is 2.21. The van der Waals surface area contributed by atoms with Crippen LogP contribution < -0.4 is 10.1 Å². The molecule has 0 aromatic heterocycles. The molecule has 1 aromatic rings. The number of ether oxygens (including phenoxy) is 3. The van der Waals surface area contributed by atoms with Crippen LogP contribution in [-0.4, -0.2) is 40.6 Å². The molecule has 0 saturated carbocycles. The van der Waals surface area contributed by atoms with E-state index in [-0.39, 0.29) is 17.6 Å². The molecule has 0 aliphatic heterocycles. The van der Waals surface area contributed by atoms with Crippen molar-refractivity contribution in [3.05, 3.63) is 29.6 Å². The van der Waals surface area contributed by atoms with E-state index in [0.29, 0.717) is 26.4 Å². The molecule has 4 nitrogen and oxygen atoms in total. The van der Waals surface area contributed by atoms with E-state index >= 15 is 0 Å². The molecular weight excluding hydrogens is 249 g/mol. The van der Waals surface area contributed by atoms with Crippen molar-refractivity contribution in [1.29, 1.82) is 0 Å². The molecule has 0 spiro atoms. The number of nitrogens with one attached hydrogen (secondary N) is 1. The van der Waals surface area contributed by atoms with Gasteiger partial charge in [-0.05, 0) is 31.7 Å². The lowest BCUT2D eigenvalue weighted by Gasteiger charge is -2.13. The Morgan fingerprint density at radius 3 is 2.58 bits per heavy atom. The smallest absolute Gasteiger partial charge is 0.165 e. The third-order valence-corrected chi connectivity index (χ3v) is 2.81. The first-order valence-electron chi connectivity index (χ1n) is 6.35. The van der Waals surface area contributed by atoms with Gasteiger partial charge in [0.15, 0.2) is 11.6 Å². The summed E-state index contributed by atoms with van der Waals surface area (Å²) in [6.07, 6.45) is 0. The largest absolute Gasteiger partial charge is 0.488 e. The van der Waals surface area contributed by atoms with E-state index in [2.05, 4.69) is 5.32 Å². The van der Waals surface area contributed by atoms with Crippen LogP contribution in [0.15, 0.2) is 18.2 Å². The SMILES string of the molecule is CNC(C)c1ccc(OCCOCCOC)c(F)c1. The second kappa shape index (κ2) is 8.85. The van der Waals surface area contributed by atoms with Gasteiger partial charge < -0.3 is 19.5 Å². The van der Waals surface area contributed by atoms with Crippen molar-refractivity contribution in [2.24, 2.45) is 0 Å². The fourth-order valence-electron chi connectivity index (χ4n) is 1.53. The molecule has 1 unspecified atom stereocenters. The van der Waals surface area contributed by atoms with Gasteiger partial charge in [-0.3, -0.25) is 0 Å². The molecule has 0 fully saturated rings. The molecular formula is C14H22FNO3. The summed E-state index contributed by atoms with van der Waals surface area (Å²) in [6, 6.07) is 5.10. The molecule has 0 amide bonds. The summed E-state index contributed by atoms with van der Waals surface area (Å²) in [5.41, 5.74) is 0.892. The second-order valence-corrected chi connectivity index (χ2v) is 4.15. The van der Waals surface area contributed by atoms with Crippen molar-refractivity contribution >= 4 is 0 Å². The van der Waals surface area contributed by atoms with Crippen LogP contribution >= 0.6 is 0 Å². The minimum atomic E-state index is -0.350. The predicted molar refractivity (Wildman–Crippen MR) is 72.1 cm³/mol. The third-order valence-electron chi connectivity index (χ3n) is 2.81. The van der Waals surface area contributed by atoms with E-state index in [0.717, 1.165) is 5.56 Å². The number of hydrogen-bond acceptors (Lipinski definition) is 4. The Balaban J connectivity index is 2.38. The molecule has 1 atom stereocenters. The van der Waals surface area contributed by atoms with Gasteiger partial charge in [-0.1, -0.05) is 6.07 Å². The minimum absolute atomic E-state index is 0.112. The van der Waals surface area contributed by atoms with E-state index in [9.17, 15) is 4.39 Å². The zero-order chi connectivity index (χ0) is 14.1. The predicted octanol–water partition coefficient (Wildman–Crippen LogP) is 2.15. The molecule has 0 aliphatic carbocycles. The van der Waals surface area contributed by atoms with Crippen molar-refractivity contribution in [1.82, 2.24) is 5.32 Å². The van der Waals surface area contributed by atoms with Crippen LogP contribution in [0, 0.1) is 5.82 Å². The van der Waals surface area contributed by atoms with E-state index in [1.807, 2.05) is 20.0 Å². The normalized spacial score (nSPS) is 12.4. The summed E-state index contributed by atoms with van der Waals surface area (Å²) in [5, 5.41) is 3.06.